The standard InChI is InChI=1S/C7H13O2.HI.Zn/c1-3-8-7-4-6(2)5-9-7;;/h6-7H,2-5H2,1H3;1H;/q-1;;+2/p-1/t6-,7+;;/m0../s1. The third-order valence-electron chi connectivity index (χ3n) is 1.40. The number of ether oxygens (including phenoxy) is 2. The van der Waals surface area contributed by atoms with Crippen molar-refractivity contribution in [3.05, 3.63) is 6.92 Å². The van der Waals surface area contributed by atoms with Crippen LogP contribution < -0.4 is 0 Å². The van der Waals surface area contributed by atoms with E-state index < -0.39 is 0 Å². The molecule has 1 aliphatic rings. The van der Waals surface area contributed by atoms with Gasteiger partial charge in [0.2, 0.25) is 0 Å². The van der Waals surface area contributed by atoms with E-state index in [4.69, 9.17) is 9.47 Å². The van der Waals surface area contributed by atoms with Gasteiger partial charge in [-0.05, 0) is 13.3 Å². The average Bonchev–Trinajstić information content (AvgIpc) is 2.41. The molecule has 0 amide bonds. The van der Waals surface area contributed by atoms with Crippen molar-refractivity contribution in [2.24, 2.45) is 5.92 Å². The second kappa shape index (κ2) is 7.90. The number of halogens is 1. The Hall–Kier alpha value is 1.27. The van der Waals surface area contributed by atoms with Gasteiger partial charge in [-0.3, -0.25) is 0 Å². The van der Waals surface area contributed by atoms with Crippen LogP contribution >= 0.6 is 19.8 Å². The Kier molecular flexibility index (Phi) is 8.81. The minimum absolute atomic E-state index is 0.0255. The topological polar surface area (TPSA) is 18.5 Å². The Morgan fingerprint density at radius 3 is 2.73 bits per heavy atom. The second-order valence-corrected chi connectivity index (χ2v) is 2.32. The van der Waals surface area contributed by atoms with Crippen molar-refractivity contribution in [1.29, 1.82) is 0 Å². The Labute approximate surface area is 89.3 Å². The molecule has 1 rings (SSSR count). The van der Waals surface area contributed by atoms with Crippen LogP contribution in [0.4, 0.5) is 0 Å². The minimum atomic E-state index is 0.0255. The van der Waals surface area contributed by atoms with Crippen molar-refractivity contribution in [2.75, 3.05) is 13.2 Å². The molecule has 2 atom stereocenters. The van der Waals surface area contributed by atoms with E-state index >= 15 is 0 Å². The summed E-state index contributed by atoms with van der Waals surface area (Å²) in [5.41, 5.74) is 0. The van der Waals surface area contributed by atoms with Gasteiger partial charge < -0.3 is 16.4 Å². The fourth-order valence-corrected chi connectivity index (χ4v) is 0.954. The van der Waals surface area contributed by atoms with Gasteiger partial charge in [0.1, 0.15) is 0 Å². The molecule has 1 heterocycles. The van der Waals surface area contributed by atoms with Crippen LogP contribution in [-0.2, 0) is 24.3 Å². The third kappa shape index (κ3) is 5.50. The molecule has 0 aromatic carbocycles. The van der Waals surface area contributed by atoms with Crippen molar-refractivity contribution < 1.29 is 24.3 Å². The molecule has 0 bridgehead atoms. The van der Waals surface area contributed by atoms with Gasteiger partial charge >= 0.3 is 34.5 Å². The Balaban J connectivity index is 0.000000461. The molecule has 2 nitrogen and oxygen atoms in total. The number of rotatable bonds is 2. The van der Waals surface area contributed by atoms with Crippen LogP contribution in [0, 0.1) is 12.8 Å². The van der Waals surface area contributed by atoms with Crippen molar-refractivity contribution in [2.45, 2.75) is 19.6 Å². The summed E-state index contributed by atoms with van der Waals surface area (Å²) >= 11 is 3.62. The zero-order chi connectivity index (χ0) is 8.69. The van der Waals surface area contributed by atoms with Gasteiger partial charge in [-0.15, -0.1) is 5.92 Å². The summed E-state index contributed by atoms with van der Waals surface area (Å²) in [6, 6.07) is 0. The fraction of sp³-hybridized carbons (Fsp3) is 0.857. The summed E-state index contributed by atoms with van der Waals surface area (Å²) in [5.74, 6) is 0.432. The van der Waals surface area contributed by atoms with E-state index in [1.54, 1.807) is 0 Å². The van der Waals surface area contributed by atoms with E-state index in [2.05, 4.69) is 26.7 Å². The molecule has 0 unspecified atom stereocenters. The Morgan fingerprint density at radius 2 is 2.36 bits per heavy atom. The van der Waals surface area contributed by atoms with E-state index in [1.165, 1.54) is 14.8 Å². The van der Waals surface area contributed by atoms with Crippen LogP contribution in [-0.4, -0.2) is 19.5 Å². The average molecular weight is 321 g/mol. The molecular formula is C7H13IO2Zn. The summed E-state index contributed by atoms with van der Waals surface area (Å²) in [6.45, 7) is 7.33. The van der Waals surface area contributed by atoms with Gasteiger partial charge in [-0.1, -0.05) is 0 Å². The van der Waals surface area contributed by atoms with Crippen LogP contribution in [0.2, 0.25) is 0 Å². The molecule has 0 N–H and O–H groups in total. The summed E-state index contributed by atoms with van der Waals surface area (Å²) in [5, 5.41) is 0. The zero-order valence-corrected chi connectivity index (χ0v) is 12.0. The normalized spacial score (nSPS) is 29.5. The quantitative estimate of drug-likeness (QED) is 0.441. The van der Waals surface area contributed by atoms with Crippen LogP contribution in [0.25, 0.3) is 0 Å². The second-order valence-electron chi connectivity index (χ2n) is 2.32. The zero-order valence-electron chi connectivity index (χ0n) is 6.88. The predicted octanol–water partition coefficient (Wildman–Crippen LogP) is 2.10. The molecule has 0 saturated carbocycles. The van der Waals surface area contributed by atoms with Crippen molar-refractivity contribution >= 4 is 19.8 Å². The van der Waals surface area contributed by atoms with Crippen LogP contribution in [0.3, 0.4) is 0 Å². The summed E-state index contributed by atoms with van der Waals surface area (Å²) in [4.78, 5) is 0. The van der Waals surface area contributed by atoms with Crippen molar-refractivity contribution in [1.82, 2.24) is 0 Å². The molecule has 0 aliphatic carbocycles. The monoisotopic (exact) mass is 320 g/mol. The van der Waals surface area contributed by atoms with E-state index in [0.717, 1.165) is 19.6 Å². The van der Waals surface area contributed by atoms with Gasteiger partial charge in [-0.25, -0.2) is 0 Å². The first-order valence-electron chi connectivity index (χ1n) is 3.66. The fourth-order valence-electron chi connectivity index (χ4n) is 0.954. The maximum absolute atomic E-state index is 5.22. The van der Waals surface area contributed by atoms with Gasteiger partial charge in [0.25, 0.3) is 0 Å². The summed E-state index contributed by atoms with van der Waals surface area (Å²) in [6.07, 6.45) is 0.978. The molecule has 1 fully saturated rings. The van der Waals surface area contributed by atoms with E-state index in [0.29, 0.717) is 5.92 Å². The van der Waals surface area contributed by atoms with Crippen molar-refractivity contribution in [3.63, 3.8) is 0 Å². The van der Waals surface area contributed by atoms with Gasteiger partial charge in [0, 0.05) is 13.2 Å². The molecular weight excluding hydrogens is 308 g/mol. The van der Waals surface area contributed by atoms with Crippen LogP contribution in [0.15, 0.2) is 0 Å². The first-order valence-corrected chi connectivity index (χ1v) is 12.7. The molecule has 0 spiro atoms. The van der Waals surface area contributed by atoms with Crippen molar-refractivity contribution in [3.8, 4) is 0 Å². The number of hydrogen-bond acceptors (Lipinski definition) is 2. The Morgan fingerprint density at radius 1 is 1.73 bits per heavy atom. The Bertz CT molecular complexity index is 90.5. The van der Waals surface area contributed by atoms with Gasteiger partial charge in [0.15, 0.2) is 6.29 Å². The molecule has 11 heavy (non-hydrogen) atoms. The molecule has 0 aromatic heterocycles. The molecule has 0 aromatic rings. The molecule has 1 saturated heterocycles. The van der Waals surface area contributed by atoms with E-state index in [-0.39, 0.29) is 6.29 Å². The van der Waals surface area contributed by atoms with Crippen LogP contribution in [0.1, 0.15) is 13.3 Å². The molecule has 0 radical (unpaired) electrons. The molecule has 62 valence electrons. The first-order chi connectivity index (χ1) is 5.33. The number of hydrogen-bond donors (Lipinski definition) is 0. The molecule has 4 heteroatoms. The van der Waals surface area contributed by atoms with E-state index in [1.807, 2.05) is 6.92 Å². The first kappa shape index (κ1) is 12.3. The molecule has 1 aliphatic heterocycles. The summed E-state index contributed by atoms with van der Waals surface area (Å²) < 4.78 is 10.4. The predicted molar refractivity (Wildman–Crippen MR) is 48.9 cm³/mol. The third-order valence-corrected chi connectivity index (χ3v) is 1.40. The van der Waals surface area contributed by atoms with E-state index in [9.17, 15) is 0 Å². The van der Waals surface area contributed by atoms with Gasteiger partial charge in [-0.2, -0.15) is 0 Å². The SMILES string of the molecule is [CH2-][C@@H]1CO[C@@H](OCC)C1.[Zn+][I]. The maximum atomic E-state index is 5.22. The van der Waals surface area contributed by atoms with Crippen LogP contribution in [0.5, 0.6) is 0 Å². The summed E-state index contributed by atoms with van der Waals surface area (Å²) in [7, 11) is 0. The van der Waals surface area contributed by atoms with Gasteiger partial charge in [0.05, 0.1) is 0 Å².